The van der Waals surface area contributed by atoms with E-state index in [1.807, 2.05) is 54.3 Å². The molecule has 4 rings (SSSR count). The van der Waals surface area contributed by atoms with Crippen LogP contribution in [-0.4, -0.2) is 19.5 Å². The van der Waals surface area contributed by atoms with Gasteiger partial charge in [-0.1, -0.05) is 0 Å². The van der Waals surface area contributed by atoms with Crippen molar-refractivity contribution in [2.45, 2.75) is 6.92 Å². The number of hydrogen-bond acceptors (Lipinski definition) is 3. The van der Waals surface area contributed by atoms with Crippen molar-refractivity contribution < 1.29 is 0 Å². The van der Waals surface area contributed by atoms with E-state index in [4.69, 9.17) is 5.73 Å². The van der Waals surface area contributed by atoms with Crippen LogP contribution < -0.4 is 5.73 Å². The molecule has 5 nitrogen and oxygen atoms in total. The molecular formula is C17H14IN5. The summed E-state index contributed by atoms with van der Waals surface area (Å²) in [5, 5.41) is 0. The Kier molecular flexibility index (Phi) is 3.33. The number of anilines is 1. The Balaban J connectivity index is 1.80. The molecule has 0 unspecified atom stereocenters. The normalized spacial score (nSPS) is 11.2. The second-order valence-electron chi connectivity index (χ2n) is 5.45. The first-order valence-corrected chi connectivity index (χ1v) is 8.24. The zero-order valence-electron chi connectivity index (χ0n) is 12.4. The SMILES string of the molecule is Cc1cn(-c2ccc3nc(-c4ccc(N)c(I)c4)[nH]c3c2)cn1. The maximum Gasteiger partial charge on any atom is 0.138 e. The molecule has 23 heavy (non-hydrogen) atoms. The number of aromatic amines is 1. The molecule has 0 aliphatic heterocycles. The van der Waals surface area contributed by atoms with E-state index in [0.29, 0.717) is 0 Å². The van der Waals surface area contributed by atoms with E-state index in [9.17, 15) is 0 Å². The lowest BCUT2D eigenvalue weighted by Gasteiger charge is -2.01. The number of H-pyrrole nitrogens is 1. The van der Waals surface area contributed by atoms with Crippen LogP contribution in [-0.2, 0) is 0 Å². The minimum atomic E-state index is 0.781. The number of nitrogens with one attached hydrogen (secondary N) is 1. The van der Waals surface area contributed by atoms with E-state index in [-0.39, 0.29) is 0 Å². The second-order valence-corrected chi connectivity index (χ2v) is 6.61. The quantitative estimate of drug-likeness (QED) is 0.385. The summed E-state index contributed by atoms with van der Waals surface area (Å²) in [6, 6.07) is 12.1. The fraction of sp³-hybridized carbons (Fsp3) is 0.0588. The number of aryl methyl sites for hydroxylation is 1. The highest BCUT2D eigenvalue weighted by Gasteiger charge is 2.08. The lowest BCUT2D eigenvalue weighted by Crippen LogP contribution is -1.90. The molecule has 4 aromatic rings. The summed E-state index contributed by atoms with van der Waals surface area (Å²) < 4.78 is 3.02. The summed E-state index contributed by atoms with van der Waals surface area (Å²) in [4.78, 5) is 12.3. The number of benzene rings is 2. The third kappa shape index (κ3) is 2.59. The van der Waals surface area contributed by atoms with Crippen molar-refractivity contribution in [3.63, 3.8) is 0 Å². The highest BCUT2D eigenvalue weighted by Crippen LogP contribution is 2.26. The van der Waals surface area contributed by atoms with Crippen LogP contribution in [0.3, 0.4) is 0 Å². The van der Waals surface area contributed by atoms with Crippen LogP contribution in [0.15, 0.2) is 48.9 Å². The Morgan fingerprint density at radius 2 is 2.04 bits per heavy atom. The number of fused-ring (bicyclic) bond motifs is 1. The molecule has 0 saturated heterocycles. The van der Waals surface area contributed by atoms with E-state index >= 15 is 0 Å². The Bertz CT molecular complexity index is 1010. The highest BCUT2D eigenvalue weighted by atomic mass is 127. The van der Waals surface area contributed by atoms with Crippen LogP contribution in [0, 0.1) is 10.5 Å². The third-order valence-corrected chi connectivity index (χ3v) is 4.68. The molecule has 0 bridgehead atoms. The number of imidazole rings is 2. The van der Waals surface area contributed by atoms with Crippen molar-refractivity contribution in [3.05, 3.63) is 58.2 Å². The van der Waals surface area contributed by atoms with Crippen LogP contribution in [0.2, 0.25) is 0 Å². The molecule has 2 heterocycles. The van der Waals surface area contributed by atoms with Gasteiger partial charge in [0.1, 0.15) is 5.82 Å². The van der Waals surface area contributed by atoms with Gasteiger partial charge in [0, 0.05) is 26.7 Å². The van der Waals surface area contributed by atoms with Crippen molar-refractivity contribution >= 4 is 39.3 Å². The number of nitrogen functional groups attached to an aromatic ring is 1. The first-order chi connectivity index (χ1) is 11.1. The highest BCUT2D eigenvalue weighted by molar-refractivity contribution is 14.1. The van der Waals surface area contributed by atoms with Gasteiger partial charge in [0.2, 0.25) is 0 Å². The molecule has 6 heteroatoms. The number of rotatable bonds is 2. The van der Waals surface area contributed by atoms with Gasteiger partial charge in [-0.3, -0.25) is 0 Å². The maximum absolute atomic E-state index is 5.88. The summed E-state index contributed by atoms with van der Waals surface area (Å²) in [6.07, 6.45) is 3.82. The number of aromatic nitrogens is 4. The zero-order chi connectivity index (χ0) is 16.0. The van der Waals surface area contributed by atoms with Crippen LogP contribution in [0.4, 0.5) is 5.69 Å². The number of halogens is 1. The number of hydrogen-bond donors (Lipinski definition) is 2. The molecule has 0 aliphatic rings. The maximum atomic E-state index is 5.88. The first-order valence-electron chi connectivity index (χ1n) is 7.16. The first kappa shape index (κ1) is 14.3. The second kappa shape index (κ2) is 5.38. The summed E-state index contributed by atoms with van der Waals surface area (Å²) in [5.74, 6) is 0.844. The van der Waals surface area contributed by atoms with Crippen molar-refractivity contribution in [3.8, 4) is 17.1 Å². The fourth-order valence-electron chi connectivity index (χ4n) is 2.53. The summed E-state index contributed by atoms with van der Waals surface area (Å²) in [6.45, 7) is 1.98. The predicted molar refractivity (Wildman–Crippen MR) is 101 cm³/mol. The molecule has 0 saturated carbocycles. The van der Waals surface area contributed by atoms with Crippen LogP contribution in [0.1, 0.15) is 5.69 Å². The smallest absolute Gasteiger partial charge is 0.138 e. The summed E-state index contributed by atoms with van der Waals surface area (Å²) >= 11 is 2.23. The third-order valence-electron chi connectivity index (χ3n) is 3.75. The van der Waals surface area contributed by atoms with Gasteiger partial charge in [-0.2, -0.15) is 0 Å². The Labute approximate surface area is 146 Å². The summed E-state index contributed by atoms with van der Waals surface area (Å²) in [5.41, 5.74) is 11.7. The average molecular weight is 415 g/mol. The molecule has 0 atom stereocenters. The van der Waals surface area contributed by atoms with Gasteiger partial charge in [-0.15, -0.1) is 0 Å². The topological polar surface area (TPSA) is 72.5 Å². The van der Waals surface area contributed by atoms with Gasteiger partial charge in [0.15, 0.2) is 0 Å². The van der Waals surface area contributed by atoms with E-state index in [1.165, 1.54) is 0 Å². The van der Waals surface area contributed by atoms with E-state index in [0.717, 1.165) is 43.1 Å². The molecule has 0 aliphatic carbocycles. The van der Waals surface area contributed by atoms with Gasteiger partial charge in [-0.05, 0) is 65.9 Å². The molecule has 0 radical (unpaired) electrons. The Morgan fingerprint density at radius 3 is 2.78 bits per heavy atom. The van der Waals surface area contributed by atoms with Gasteiger partial charge >= 0.3 is 0 Å². The number of nitrogens with zero attached hydrogens (tertiary/aromatic N) is 3. The van der Waals surface area contributed by atoms with E-state index < -0.39 is 0 Å². The molecule has 2 aromatic heterocycles. The van der Waals surface area contributed by atoms with Crippen molar-refractivity contribution in [1.29, 1.82) is 0 Å². The molecular weight excluding hydrogens is 401 g/mol. The van der Waals surface area contributed by atoms with Crippen molar-refractivity contribution in [2.24, 2.45) is 0 Å². The Morgan fingerprint density at radius 1 is 1.17 bits per heavy atom. The largest absolute Gasteiger partial charge is 0.398 e. The Hall–Kier alpha value is -2.35. The van der Waals surface area contributed by atoms with Crippen LogP contribution in [0.5, 0.6) is 0 Å². The van der Waals surface area contributed by atoms with E-state index in [1.54, 1.807) is 0 Å². The van der Waals surface area contributed by atoms with Gasteiger partial charge in [0.25, 0.3) is 0 Å². The molecule has 3 N–H and O–H groups in total. The van der Waals surface area contributed by atoms with Crippen molar-refractivity contribution in [2.75, 3.05) is 5.73 Å². The fourth-order valence-corrected chi connectivity index (χ4v) is 3.05. The van der Waals surface area contributed by atoms with Gasteiger partial charge in [-0.25, -0.2) is 9.97 Å². The van der Waals surface area contributed by atoms with E-state index in [2.05, 4.69) is 43.6 Å². The lowest BCUT2D eigenvalue weighted by atomic mass is 10.2. The van der Waals surface area contributed by atoms with Crippen LogP contribution >= 0.6 is 22.6 Å². The average Bonchev–Trinajstić information content (AvgIpc) is 3.15. The molecule has 114 valence electrons. The molecule has 2 aromatic carbocycles. The molecule has 0 spiro atoms. The van der Waals surface area contributed by atoms with Crippen molar-refractivity contribution in [1.82, 2.24) is 19.5 Å². The molecule has 0 amide bonds. The summed E-state index contributed by atoms with van der Waals surface area (Å²) in [7, 11) is 0. The minimum absolute atomic E-state index is 0.781. The molecule has 0 fully saturated rings. The lowest BCUT2D eigenvalue weighted by molar-refractivity contribution is 1.06. The predicted octanol–water partition coefficient (Wildman–Crippen LogP) is 3.91. The standard InChI is InChI=1S/C17H14IN5/c1-10-8-23(9-20-10)12-3-5-15-16(7-12)22-17(21-15)11-2-4-14(19)13(18)6-11/h2-9H,19H2,1H3,(H,21,22). The minimum Gasteiger partial charge on any atom is -0.398 e. The number of nitrogens with two attached hydrogens (primary N) is 1. The zero-order valence-corrected chi connectivity index (χ0v) is 14.6. The van der Waals surface area contributed by atoms with Gasteiger partial charge < -0.3 is 15.3 Å². The van der Waals surface area contributed by atoms with Gasteiger partial charge in [0.05, 0.1) is 23.1 Å². The van der Waals surface area contributed by atoms with Crippen LogP contribution in [0.25, 0.3) is 28.1 Å². The monoisotopic (exact) mass is 415 g/mol.